The number of nitrogens with zero attached hydrogens (tertiary/aromatic N) is 4. The van der Waals surface area contributed by atoms with Crippen molar-refractivity contribution in [1.29, 1.82) is 0 Å². The van der Waals surface area contributed by atoms with Crippen LogP contribution in [0.1, 0.15) is 43.2 Å². The largest absolute Gasteiger partial charge is 0.487 e. The predicted molar refractivity (Wildman–Crippen MR) is 140 cm³/mol. The molecule has 2 heterocycles. The van der Waals surface area contributed by atoms with Crippen molar-refractivity contribution in [3.63, 3.8) is 0 Å². The standard InChI is InChI=1S/C26H31Cl2N5O3/c1-25(2,18-11-22(27)21(23(28)12-18)13-33-15-26(3,34)16-33)17-5-7-20(8-6-17)36-14-19-9-10-29-24(30-19)31-32(4)35/h5-12,34-35H,13-16H2,1-4H3,(H,29,30,31). The minimum atomic E-state index is -0.636. The van der Waals surface area contributed by atoms with Crippen LogP contribution in [-0.2, 0) is 18.6 Å². The number of β-amino-alcohol motifs (C(OH)–C–C–N with tert-alkyl or cyclic N) is 1. The minimum Gasteiger partial charge on any atom is -0.487 e. The number of hydrazine groups is 1. The van der Waals surface area contributed by atoms with Gasteiger partial charge in [-0.1, -0.05) is 49.2 Å². The summed E-state index contributed by atoms with van der Waals surface area (Å²) in [6.45, 7) is 8.17. The van der Waals surface area contributed by atoms with Crippen LogP contribution in [0.5, 0.6) is 5.75 Å². The van der Waals surface area contributed by atoms with Crippen molar-refractivity contribution in [2.45, 2.75) is 44.9 Å². The molecule has 0 bridgehead atoms. The average Bonchev–Trinajstić information content (AvgIpc) is 2.78. The Morgan fingerprint density at radius 1 is 1.11 bits per heavy atom. The predicted octanol–water partition coefficient (Wildman–Crippen LogP) is 4.90. The lowest BCUT2D eigenvalue weighted by Crippen LogP contribution is -2.59. The van der Waals surface area contributed by atoms with E-state index in [1.807, 2.05) is 43.3 Å². The zero-order chi connectivity index (χ0) is 26.1. The van der Waals surface area contributed by atoms with Crippen LogP contribution in [-0.4, -0.2) is 56.1 Å². The SMILES string of the molecule is CN(O)Nc1nccc(COc2ccc(C(C)(C)c3cc(Cl)c(CN4CC(C)(O)C4)c(Cl)c3)cc2)n1. The summed E-state index contributed by atoms with van der Waals surface area (Å²) in [6.07, 6.45) is 1.60. The first kappa shape index (κ1) is 26.6. The van der Waals surface area contributed by atoms with E-state index in [1.54, 1.807) is 12.3 Å². The van der Waals surface area contributed by atoms with Crippen LogP contribution >= 0.6 is 23.2 Å². The van der Waals surface area contributed by atoms with Gasteiger partial charge in [0.25, 0.3) is 0 Å². The highest BCUT2D eigenvalue weighted by Crippen LogP contribution is 2.38. The molecule has 0 atom stereocenters. The van der Waals surface area contributed by atoms with E-state index in [9.17, 15) is 10.3 Å². The molecule has 1 aliphatic rings. The topological polar surface area (TPSA) is 94.0 Å². The number of likely N-dealkylation sites (tertiary alicyclic amines) is 1. The van der Waals surface area contributed by atoms with Gasteiger partial charge in [0.15, 0.2) is 0 Å². The number of halogens is 2. The molecule has 3 N–H and O–H groups in total. The van der Waals surface area contributed by atoms with Crippen molar-refractivity contribution in [1.82, 2.24) is 20.0 Å². The van der Waals surface area contributed by atoms with Crippen molar-refractivity contribution in [2.24, 2.45) is 0 Å². The quantitative estimate of drug-likeness (QED) is 0.335. The molecule has 4 rings (SSSR count). The van der Waals surface area contributed by atoms with Gasteiger partial charge < -0.3 is 9.84 Å². The van der Waals surface area contributed by atoms with E-state index in [4.69, 9.17) is 27.9 Å². The van der Waals surface area contributed by atoms with Gasteiger partial charge in [-0.25, -0.2) is 9.97 Å². The van der Waals surface area contributed by atoms with Crippen LogP contribution in [0.15, 0.2) is 48.7 Å². The molecule has 0 unspecified atom stereocenters. The molecular formula is C26H31Cl2N5O3. The van der Waals surface area contributed by atoms with Gasteiger partial charge in [-0.15, -0.1) is 5.17 Å². The number of hydroxylamine groups is 1. The number of nitrogens with one attached hydrogen (secondary N) is 1. The maximum absolute atomic E-state index is 9.99. The maximum Gasteiger partial charge on any atom is 0.239 e. The van der Waals surface area contributed by atoms with Crippen LogP contribution in [0.4, 0.5) is 5.95 Å². The molecule has 1 saturated heterocycles. The number of anilines is 1. The average molecular weight is 532 g/mol. The Morgan fingerprint density at radius 3 is 2.33 bits per heavy atom. The molecule has 1 aliphatic heterocycles. The molecule has 0 radical (unpaired) electrons. The fourth-order valence-electron chi connectivity index (χ4n) is 4.33. The summed E-state index contributed by atoms with van der Waals surface area (Å²) in [5.41, 5.74) is 5.27. The van der Waals surface area contributed by atoms with Crippen molar-refractivity contribution in [2.75, 3.05) is 25.6 Å². The van der Waals surface area contributed by atoms with Crippen molar-refractivity contribution in [3.05, 3.63) is 81.1 Å². The number of ether oxygens (including phenoxy) is 1. The summed E-state index contributed by atoms with van der Waals surface area (Å²) >= 11 is 13.3. The van der Waals surface area contributed by atoms with Gasteiger partial charge in [0, 0.05) is 53.9 Å². The van der Waals surface area contributed by atoms with E-state index in [2.05, 4.69) is 34.1 Å². The molecule has 2 aromatic carbocycles. The third-order valence-corrected chi connectivity index (χ3v) is 6.99. The second-order valence-corrected chi connectivity index (χ2v) is 10.8. The summed E-state index contributed by atoms with van der Waals surface area (Å²) in [5.74, 6) is 0.983. The van der Waals surface area contributed by atoms with Crippen molar-refractivity contribution in [3.8, 4) is 5.75 Å². The second-order valence-electron chi connectivity index (χ2n) is 10.0. The van der Waals surface area contributed by atoms with Gasteiger partial charge in [0.1, 0.15) is 12.4 Å². The second kappa shape index (κ2) is 10.5. The lowest BCUT2D eigenvalue weighted by molar-refractivity contribution is -0.0871. The number of aromatic nitrogens is 2. The first-order chi connectivity index (χ1) is 16.9. The van der Waals surface area contributed by atoms with Crippen molar-refractivity contribution >= 4 is 29.2 Å². The number of rotatable bonds is 9. The van der Waals surface area contributed by atoms with Gasteiger partial charge in [0.05, 0.1) is 11.3 Å². The van der Waals surface area contributed by atoms with E-state index < -0.39 is 5.60 Å². The van der Waals surface area contributed by atoms with Crippen LogP contribution in [0.2, 0.25) is 10.0 Å². The highest BCUT2D eigenvalue weighted by molar-refractivity contribution is 6.36. The van der Waals surface area contributed by atoms with Crippen LogP contribution < -0.4 is 10.2 Å². The summed E-state index contributed by atoms with van der Waals surface area (Å²) in [4.78, 5) is 10.5. The molecule has 3 aromatic rings. The van der Waals surface area contributed by atoms with Crippen molar-refractivity contribution < 1.29 is 15.1 Å². The number of hydrogen-bond donors (Lipinski definition) is 3. The molecule has 192 valence electrons. The molecule has 1 aromatic heterocycles. The lowest BCUT2D eigenvalue weighted by atomic mass is 9.78. The van der Waals surface area contributed by atoms with E-state index >= 15 is 0 Å². The Bertz CT molecular complexity index is 1190. The van der Waals surface area contributed by atoms with Crippen LogP contribution in [0, 0.1) is 0 Å². The molecule has 0 spiro atoms. The van der Waals surface area contributed by atoms with E-state index in [0.717, 1.165) is 21.9 Å². The minimum absolute atomic E-state index is 0.258. The zero-order valence-corrected chi connectivity index (χ0v) is 22.3. The first-order valence-electron chi connectivity index (χ1n) is 11.6. The Balaban J connectivity index is 1.43. The Kier molecular flexibility index (Phi) is 7.75. The van der Waals surface area contributed by atoms with Gasteiger partial charge in [-0.2, -0.15) is 0 Å². The Labute approximate surface area is 221 Å². The summed E-state index contributed by atoms with van der Waals surface area (Å²) < 4.78 is 5.89. The summed E-state index contributed by atoms with van der Waals surface area (Å²) in [5, 5.41) is 21.3. The molecule has 0 amide bonds. The summed E-state index contributed by atoms with van der Waals surface area (Å²) in [6, 6.07) is 13.6. The van der Waals surface area contributed by atoms with Gasteiger partial charge in [-0.05, 0) is 48.4 Å². The van der Waals surface area contributed by atoms with E-state index in [1.165, 1.54) is 7.05 Å². The molecule has 0 aliphatic carbocycles. The van der Waals surface area contributed by atoms with E-state index in [0.29, 0.717) is 41.1 Å². The lowest BCUT2D eigenvalue weighted by Gasteiger charge is -2.44. The Morgan fingerprint density at radius 2 is 1.75 bits per heavy atom. The van der Waals surface area contributed by atoms with Gasteiger partial charge in [-0.3, -0.25) is 15.5 Å². The molecular weight excluding hydrogens is 501 g/mol. The van der Waals surface area contributed by atoms with Crippen LogP contribution in [0.25, 0.3) is 0 Å². The molecule has 8 nitrogen and oxygen atoms in total. The number of hydrogen-bond acceptors (Lipinski definition) is 8. The smallest absolute Gasteiger partial charge is 0.239 e. The molecule has 0 saturated carbocycles. The molecule has 36 heavy (non-hydrogen) atoms. The monoisotopic (exact) mass is 531 g/mol. The Hall–Kier alpha value is -2.46. The zero-order valence-electron chi connectivity index (χ0n) is 20.8. The molecule has 1 fully saturated rings. The normalized spacial score (nSPS) is 15.6. The first-order valence-corrected chi connectivity index (χ1v) is 12.4. The molecule has 10 heteroatoms. The van der Waals surface area contributed by atoms with Gasteiger partial charge in [0.2, 0.25) is 5.95 Å². The van der Waals surface area contributed by atoms with Gasteiger partial charge >= 0.3 is 0 Å². The highest BCUT2D eigenvalue weighted by Gasteiger charge is 2.37. The third-order valence-electron chi connectivity index (χ3n) is 6.31. The summed E-state index contributed by atoms with van der Waals surface area (Å²) in [7, 11) is 1.44. The van der Waals surface area contributed by atoms with E-state index in [-0.39, 0.29) is 18.0 Å². The number of aliphatic hydroxyl groups is 1. The maximum atomic E-state index is 9.99. The fraction of sp³-hybridized carbons (Fsp3) is 0.385. The van der Waals surface area contributed by atoms with Crippen LogP contribution in [0.3, 0.4) is 0 Å². The fourth-order valence-corrected chi connectivity index (χ4v) is 4.94. The number of benzene rings is 2. The highest BCUT2D eigenvalue weighted by atomic mass is 35.5. The third kappa shape index (κ3) is 6.26.